The Balaban J connectivity index is 2.11. The van der Waals surface area contributed by atoms with Gasteiger partial charge in [-0.3, -0.25) is 5.32 Å². The Labute approximate surface area is 110 Å². The minimum Gasteiger partial charge on any atom is -0.466 e. The number of furan rings is 1. The van der Waals surface area contributed by atoms with Crippen LogP contribution in [0.15, 0.2) is 14.9 Å². The van der Waals surface area contributed by atoms with Gasteiger partial charge in [0.15, 0.2) is 0 Å². The summed E-state index contributed by atoms with van der Waals surface area (Å²) in [4.78, 5) is 11.5. The lowest BCUT2D eigenvalue weighted by atomic mass is 10.2. The molecule has 2 heterocycles. The van der Waals surface area contributed by atoms with E-state index in [4.69, 9.17) is 8.83 Å². The molecule has 0 spiro atoms. The molecule has 2 amide bonds. The molecule has 2 aromatic heterocycles. The van der Waals surface area contributed by atoms with Crippen LogP contribution in [-0.2, 0) is 0 Å². The molecular weight excluding hydrogens is 248 g/mol. The Morgan fingerprint density at radius 3 is 2.58 bits per heavy atom. The first-order valence-corrected chi connectivity index (χ1v) is 5.94. The molecule has 2 N–H and O–H groups in total. The summed E-state index contributed by atoms with van der Waals surface area (Å²) in [5, 5.41) is 12.8. The molecule has 2 aromatic rings. The summed E-state index contributed by atoms with van der Waals surface area (Å²) in [6.07, 6.45) is 0. The summed E-state index contributed by atoms with van der Waals surface area (Å²) in [6, 6.07) is 1.50. The second kappa shape index (κ2) is 5.13. The van der Waals surface area contributed by atoms with Gasteiger partial charge in [0.05, 0.1) is 5.56 Å². The van der Waals surface area contributed by atoms with Crippen molar-refractivity contribution in [1.29, 1.82) is 0 Å². The van der Waals surface area contributed by atoms with Crippen LogP contribution < -0.4 is 10.6 Å². The van der Waals surface area contributed by atoms with Gasteiger partial charge in [-0.05, 0) is 33.8 Å². The standard InChI is InChI=1S/C12H16N4O3/c1-6(2)13-11(17)14-12-16-15-10(19-12)9-5-7(3)18-8(9)4/h5-6H,1-4H3,(H2,13,14,16,17). The number of carbonyl (C=O) groups excluding carboxylic acids is 1. The molecule has 0 atom stereocenters. The largest absolute Gasteiger partial charge is 0.466 e. The topological polar surface area (TPSA) is 93.2 Å². The van der Waals surface area contributed by atoms with E-state index in [1.165, 1.54) is 0 Å². The number of hydrogen-bond donors (Lipinski definition) is 2. The van der Waals surface area contributed by atoms with Crippen LogP contribution in [0.25, 0.3) is 11.5 Å². The molecule has 102 valence electrons. The molecule has 7 nitrogen and oxygen atoms in total. The average molecular weight is 264 g/mol. The fraction of sp³-hybridized carbons (Fsp3) is 0.417. The summed E-state index contributed by atoms with van der Waals surface area (Å²) >= 11 is 0. The Bertz CT molecular complexity index is 586. The summed E-state index contributed by atoms with van der Waals surface area (Å²) in [5.41, 5.74) is 0.724. The number of urea groups is 1. The molecule has 0 saturated heterocycles. The predicted octanol–water partition coefficient (Wildman–Crippen LogP) is 2.48. The van der Waals surface area contributed by atoms with Gasteiger partial charge in [0.1, 0.15) is 11.5 Å². The summed E-state index contributed by atoms with van der Waals surface area (Å²) in [5.74, 6) is 1.77. The maximum absolute atomic E-state index is 11.5. The van der Waals surface area contributed by atoms with Crippen LogP contribution in [0.1, 0.15) is 25.4 Å². The molecule has 0 aliphatic heterocycles. The van der Waals surface area contributed by atoms with Gasteiger partial charge in [-0.25, -0.2) is 4.79 Å². The molecule has 0 fully saturated rings. The quantitative estimate of drug-likeness (QED) is 0.888. The molecule has 19 heavy (non-hydrogen) atoms. The number of hydrogen-bond acceptors (Lipinski definition) is 5. The van der Waals surface area contributed by atoms with E-state index in [2.05, 4.69) is 20.8 Å². The van der Waals surface area contributed by atoms with E-state index in [0.717, 1.165) is 11.3 Å². The number of carbonyl (C=O) groups is 1. The predicted molar refractivity (Wildman–Crippen MR) is 68.8 cm³/mol. The molecule has 0 aliphatic rings. The van der Waals surface area contributed by atoms with Crippen LogP contribution >= 0.6 is 0 Å². The third-order valence-electron chi connectivity index (χ3n) is 2.34. The minimum atomic E-state index is -0.384. The molecule has 0 unspecified atom stereocenters. The van der Waals surface area contributed by atoms with Crippen molar-refractivity contribution in [3.05, 3.63) is 17.6 Å². The van der Waals surface area contributed by atoms with Crippen molar-refractivity contribution in [1.82, 2.24) is 15.5 Å². The Morgan fingerprint density at radius 1 is 1.26 bits per heavy atom. The molecule has 2 rings (SSSR count). The molecular formula is C12H16N4O3. The van der Waals surface area contributed by atoms with Crippen molar-refractivity contribution in [2.75, 3.05) is 5.32 Å². The lowest BCUT2D eigenvalue weighted by Crippen LogP contribution is -2.34. The third-order valence-corrected chi connectivity index (χ3v) is 2.34. The van der Waals surface area contributed by atoms with Gasteiger partial charge in [-0.15, -0.1) is 5.10 Å². The molecule has 7 heteroatoms. The van der Waals surface area contributed by atoms with Gasteiger partial charge in [0.2, 0.25) is 0 Å². The van der Waals surface area contributed by atoms with Crippen LogP contribution in [0.2, 0.25) is 0 Å². The van der Waals surface area contributed by atoms with Crippen molar-refractivity contribution < 1.29 is 13.6 Å². The number of nitrogens with zero attached hydrogens (tertiary/aromatic N) is 2. The lowest BCUT2D eigenvalue weighted by molar-refractivity contribution is 0.249. The van der Waals surface area contributed by atoms with E-state index < -0.39 is 0 Å². The smallest absolute Gasteiger partial charge is 0.324 e. The average Bonchev–Trinajstić information content (AvgIpc) is 2.84. The van der Waals surface area contributed by atoms with E-state index in [1.807, 2.05) is 27.7 Å². The number of aryl methyl sites for hydroxylation is 2. The van der Waals surface area contributed by atoms with Crippen LogP contribution in [0.3, 0.4) is 0 Å². The Hall–Kier alpha value is -2.31. The van der Waals surface area contributed by atoms with E-state index in [9.17, 15) is 4.79 Å². The molecule has 0 saturated carbocycles. The van der Waals surface area contributed by atoms with Gasteiger partial charge in [-0.1, -0.05) is 5.10 Å². The highest BCUT2D eigenvalue weighted by molar-refractivity contribution is 5.87. The molecule has 0 radical (unpaired) electrons. The fourth-order valence-electron chi connectivity index (χ4n) is 1.62. The van der Waals surface area contributed by atoms with Gasteiger partial charge >= 0.3 is 12.0 Å². The van der Waals surface area contributed by atoms with Crippen molar-refractivity contribution in [2.24, 2.45) is 0 Å². The Kier molecular flexibility index (Phi) is 3.55. The van der Waals surface area contributed by atoms with Gasteiger partial charge in [0, 0.05) is 6.04 Å². The molecule has 0 aromatic carbocycles. The number of amides is 2. The first-order chi connectivity index (χ1) is 8.95. The van der Waals surface area contributed by atoms with Crippen molar-refractivity contribution in [2.45, 2.75) is 33.7 Å². The van der Waals surface area contributed by atoms with Crippen molar-refractivity contribution in [3.63, 3.8) is 0 Å². The summed E-state index contributed by atoms with van der Waals surface area (Å²) in [7, 11) is 0. The highest BCUT2D eigenvalue weighted by Gasteiger charge is 2.15. The number of rotatable bonds is 3. The van der Waals surface area contributed by atoms with Crippen LogP contribution in [-0.4, -0.2) is 22.3 Å². The zero-order valence-electron chi connectivity index (χ0n) is 11.3. The Morgan fingerprint density at radius 2 is 2.00 bits per heavy atom. The zero-order chi connectivity index (χ0) is 14.0. The first-order valence-electron chi connectivity index (χ1n) is 5.94. The van der Waals surface area contributed by atoms with E-state index >= 15 is 0 Å². The fourth-order valence-corrected chi connectivity index (χ4v) is 1.62. The SMILES string of the molecule is Cc1cc(-c2nnc(NC(=O)NC(C)C)o2)c(C)o1. The molecule has 0 bridgehead atoms. The highest BCUT2D eigenvalue weighted by Crippen LogP contribution is 2.26. The van der Waals surface area contributed by atoms with Crippen LogP contribution in [0.5, 0.6) is 0 Å². The highest BCUT2D eigenvalue weighted by atomic mass is 16.4. The van der Waals surface area contributed by atoms with Crippen molar-refractivity contribution in [3.8, 4) is 11.5 Å². The number of anilines is 1. The van der Waals surface area contributed by atoms with E-state index in [-0.39, 0.29) is 18.1 Å². The third kappa shape index (κ3) is 3.12. The number of nitrogens with one attached hydrogen (secondary N) is 2. The van der Waals surface area contributed by atoms with Gasteiger partial charge < -0.3 is 14.2 Å². The van der Waals surface area contributed by atoms with Gasteiger partial charge in [-0.2, -0.15) is 0 Å². The summed E-state index contributed by atoms with van der Waals surface area (Å²) < 4.78 is 10.7. The maximum atomic E-state index is 11.5. The second-order valence-corrected chi connectivity index (χ2v) is 4.49. The van der Waals surface area contributed by atoms with Crippen molar-refractivity contribution >= 4 is 12.0 Å². The monoisotopic (exact) mass is 264 g/mol. The first kappa shape index (κ1) is 13.1. The normalized spacial score (nSPS) is 10.8. The van der Waals surface area contributed by atoms with Crippen LogP contribution in [0, 0.1) is 13.8 Å². The van der Waals surface area contributed by atoms with Gasteiger partial charge in [0.25, 0.3) is 5.89 Å². The van der Waals surface area contributed by atoms with Crippen LogP contribution in [0.4, 0.5) is 10.8 Å². The lowest BCUT2D eigenvalue weighted by Gasteiger charge is -2.06. The maximum Gasteiger partial charge on any atom is 0.324 e. The van der Waals surface area contributed by atoms with E-state index in [1.54, 1.807) is 6.07 Å². The second-order valence-electron chi connectivity index (χ2n) is 4.49. The zero-order valence-corrected chi connectivity index (χ0v) is 11.3. The number of aromatic nitrogens is 2. The summed E-state index contributed by atoms with van der Waals surface area (Å²) in [6.45, 7) is 7.36. The minimum absolute atomic E-state index is 0.0289. The van der Waals surface area contributed by atoms with E-state index in [0.29, 0.717) is 11.7 Å². The molecule has 0 aliphatic carbocycles.